The highest BCUT2D eigenvalue weighted by atomic mass is 14.5. The van der Waals surface area contributed by atoms with E-state index in [0.29, 0.717) is 0 Å². The summed E-state index contributed by atoms with van der Waals surface area (Å²) < 4.78 is 0. The van der Waals surface area contributed by atoms with Gasteiger partial charge in [-0.05, 0) is 18.6 Å². The third-order valence-electron chi connectivity index (χ3n) is 1.19. The Balaban J connectivity index is 0.000000561. The third-order valence-corrected chi connectivity index (χ3v) is 1.19. The maximum absolute atomic E-state index is 5.49. The summed E-state index contributed by atoms with van der Waals surface area (Å²) in [5, 5.41) is 0. The third kappa shape index (κ3) is 4.56. The van der Waals surface area contributed by atoms with E-state index in [9.17, 15) is 0 Å². The fraction of sp³-hybridized carbons (Fsp3) is 0.273. The van der Waals surface area contributed by atoms with Crippen LogP contribution in [0.4, 0.5) is 0 Å². The Labute approximate surface area is 74.9 Å². The molecular formula is C11H17N. The first-order valence-corrected chi connectivity index (χ1v) is 4.28. The summed E-state index contributed by atoms with van der Waals surface area (Å²) >= 11 is 0. The zero-order chi connectivity index (χ0) is 9.40. The van der Waals surface area contributed by atoms with Crippen LogP contribution in [0.5, 0.6) is 0 Å². The van der Waals surface area contributed by atoms with Crippen LogP contribution >= 0.6 is 0 Å². The molecule has 0 atom stereocenters. The summed E-state index contributed by atoms with van der Waals surface area (Å²) in [7, 11) is 0. The first-order chi connectivity index (χ1) is 5.79. The molecule has 1 aromatic carbocycles. The maximum Gasteiger partial charge on any atom is 0.00548 e. The van der Waals surface area contributed by atoms with Crippen molar-refractivity contribution in [2.24, 2.45) is 5.73 Å². The zero-order valence-electron chi connectivity index (χ0n) is 8.04. The second-order valence-electron chi connectivity index (χ2n) is 2.30. The minimum absolute atomic E-state index is 0.839. The van der Waals surface area contributed by atoms with Gasteiger partial charge in [0, 0.05) is 5.70 Å². The Kier molecular flexibility index (Phi) is 5.80. The van der Waals surface area contributed by atoms with Crippen LogP contribution in [-0.2, 0) is 0 Å². The smallest absolute Gasteiger partial charge is 0.00548 e. The van der Waals surface area contributed by atoms with Crippen molar-refractivity contribution >= 4 is 6.08 Å². The molecular weight excluding hydrogens is 146 g/mol. The summed E-state index contributed by atoms with van der Waals surface area (Å²) in [6, 6.07) is 10.0. The molecule has 0 unspecified atom stereocenters. The SMILES string of the molecule is C/C(N)=C/c1ccccc1.CC. The molecule has 0 heterocycles. The van der Waals surface area contributed by atoms with E-state index in [1.165, 1.54) is 0 Å². The van der Waals surface area contributed by atoms with Gasteiger partial charge < -0.3 is 5.73 Å². The van der Waals surface area contributed by atoms with Crippen molar-refractivity contribution in [2.45, 2.75) is 20.8 Å². The largest absolute Gasteiger partial charge is 0.402 e. The lowest BCUT2D eigenvalue weighted by Gasteiger charge is -1.91. The van der Waals surface area contributed by atoms with Crippen LogP contribution in [0.25, 0.3) is 6.08 Å². The average molecular weight is 163 g/mol. The van der Waals surface area contributed by atoms with Crippen molar-refractivity contribution in [3.63, 3.8) is 0 Å². The Morgan fingerprint density at radius 3 is 2.08 bits per heavy atom. The molecule has 1 rings (SSSR count). The van der Waals surface area contributed by atoms with Crippen molar-refractivity contribution in [1.29, 1.82) is 0 Å². The number of nitrogens with two attached hydrogens (primary N) is 1. The van der Waals surface area contributed by atoms with Gasteiger partial charge in [-0.3, -0.25) is 0 Å². The summed E-state index contributed by atoms with van der Waals surface area (Å²) in [4.78, 5) is 0. The van der Waals surface area contributed by atoms with Crippen molar-refractivity contribution in [3.05, 3.63) is 41.6 Å². The lowest BCUT2D eigenvalue weighted by molar-refractivity contribution is 1.34. The molecule has 0 aliphatic rings. The van der Waals surface area contributed by atoms with E-state index in [4.69, 9.17) is 5.73 Å². The first kappa shape index (κ1) is 10.8. The summed E-state index contributed by atoms with van der Waals surface area (Å²) in [5.74, 6) is 0. The molecule has 0 saturated carbocycles. The van der Waals surface area contributed by atoms with E-state index in [0.717, 1.165) is 11.3 Å². The number of hydrogen-bond donors (Lipinski definition) is 1. The van der Waals surface area contributed by atoms with E-state index in [1.54, 1.807) is 0 Å². The van der Waals surface area contributed by atoms with Crippen LogP contribution in [0.15, 0.2) is 36.0 Å². The number of rotatable bonds is 1. The van der Waals surface area contributed by atoms with Gasteiger partial charge in [0.25, 0.3) is 0 Å². The molecule has 0 fully saturated rings. The Morgan fingerprint density at radius 2 is 1.67 bits per heavy atom. The summed E-state index contributed by atoms with van der Waals surface area (Å²) in [5.41, 5.74) is 7.48. The van der Waals surface area contributed by atoms with Crippen molar-refractivity contribution < 1.29 is 0 Å². The van der Waals surface area contributed by atoms with Crippen LogP contribution in [0.1, 0.15) is 26.3 Å². The standard InChI is InChI=1S/C9H11N.C2H6/c1-8(10)7-9-5-3-2-4-6-9;1-2/h2-7H,10H2,1H3;1-2H3/b8-7-;. The predicted molar refractivity (Wildman–Crippen MR) is 55.6 cm³/mol. The molecule has 0 amide bonds. The number of benzene rings is 1. The minimum atomic E-state index is 0.839. The lowest BCUT2D eigenvalue weighted by Crippen LogP contribution is -1.88. The van der Waals surface area contributed by atoms with E-state index < -0.39 is 0 Å². The number of hydrogen-bond acceptors (Lipinski definition) is 1. The zero-order valence-corrected chi connectivity index (χ0v) is 8.04. The van der Waals surface area contributed by atoms with Gasteiger partial charge in [-0.15, -0.1) is 0 Å². The molecule has 0 aliphatic heterocycles. The van der Waals surface area contributed by atoms with Gasteiger partial charge in [0.1, 0.15) is 0 Å². The topological polar surface area (TPSA) is 26.0 Å². The Hall–Kier alpha value is -1.24. The van der Waals surface area contributed by atoms with Crippen molar-refractivity contribution in [1.82, 2.24) is 0 Å². The second kappa shape index (κ2) is 6.47. The van der Waals surface area contributed by atoms with Gasteiger partial charge in [0.05, 0.1) is 0 Å². The van der Waals surface area contributed by atoms with Crippen molar-refractivity contribution in [2.75, 3.05) is 0 Å². The lowest BCUT2D eigenvalue weighted by atomic mass is 10.2. The molecule has 1 aromatic rings. The van der Waals surface area contributed by atoms with Gasteiger partial charge in [0.2, 0.25) is 0 Å². The molecule has 0 radical (unpaired) electrons. The Morgan fingerprint density at radius 1 is 1.17 bits per heavy atom. The fourth-order valence-corrected chi connectivity index (χ4v) is 0.812. The van der Waals surface area contributed by atoms with Gasteiger partial charge >= 0.3 is 0 Å². The Bertz CT molecular complexity index is 220. The average Bonchev–Trinajstić information content (AvgIpc) is 2.08. The molecule has 0 saturated heterocycles. The molecule has 12 heavy (non-hydrogen) atoms. The van der Waals surface area contributed by atoms with Crippen LogP contribution in [0, 0.1) is 0 Å². The predicted octanol–water partition coefficient (Wildman–Crippen LogP) is 3.03. The number of allylic oxidation sites excluding steroid dienone is 1. The molecule has 2 N–H and O–H groups in total. The molecule has 0 bridgehead atoms. The van der Waals surface area contributed by atoms with E-state index in [-0.39, 0.29) is 0 Å². The van der Waals surface area contributed by atoms with Gasteiger partial charge in [0.15, 0.2) is 0 Å². The summed E-state index contributed by atoms with van der Waals surface area (Å²) in [6.45, 7) is 5.88. The highest BCUT2D eigenvalue weighted by Gasteiger charge is 1.82. The highest BCUT2D eigenvalue weighted by molar-refractivity contribution is 5.50. The molecule has 0 aromatic heterocycles. The molecule has 0 spiro atoms. The molecule has 0 aliphatic carbocycles. The van der Waals surface area contributed by atoms with Gasteiger partial charge in [-0.2, -0.15) is 0 Å². The van der Waals surface area contributed by atoms with Crippen LogP contribution in [-0.4, -0.2) is 0 Å². The van der Waals surface area contributed by atoms with Crippen LogP contribution in [0.3, 0.4) is 0 Å². The first-order valence-electron chi connectivity index (χ1n) is 4.28. The quantitative estimate of drug-likeness (QED) is 0.676. The molecule has 1 nitrogen and oxygen atoms in total. The molecule has 1 heteroatoms. The highest BCUT2D eigenvalue weighted by Crippen LogP contribution is 2.01. The van der Waals surface area contributed by atoms with Crippen molar-refractivity contribution in [3.8, 4) is 0 Å². The van der Waals surface area contributed by atoms with Gasteiger partial charge in [-0.25, -0.2) is 0 Å². The normalized spacial score (nSPS) is 10.1. The van der Waals surface area contributed by atoms with E-state index in [2.05, 4.69) is 0 Å². The summed E-state index contributed by atoms with van der Waals surface area (Å²) in [6.07, 6.45) is 1.94. The fourth-order valence-electron chi connectivity index (χ4n) is 0.812. The van der Waals surface area contributed by atoms with E-state index >= 15 is 0 Å². The second-order valence-corrected chi connectivity index (χ2v) is 2.30. The molecule has 66 valence electrons. The van der Waals surface area contributed by atoms with Crippen LogP contribution in [0.2, 0.25) is 0 Å². The van der Waals surface area contributed by atoms with Crippen LogP contribution < -0.4 is 5.73 Å². The van der Waals surface area contributed by atoms with E-state index in [1.807, 2.05) is 57.2 Å². The minimum Gasteiger partial charge on any atom is -0.402 e. The monoisotopic (exact) mass is 163 g/mol. The van der Waals surface area contributed by atoms with Gasteiger partial charge in [-0.1, -0.05) is 44.2 Å². The maximum atomic E-state index is 5.49.